The highest BCUT2D eigenvalue weighted by molar-refractivity contribution is 5.91. The van der Waals surface area contributed by atoms with Crippen molar-refractivity contribution < 1.29 is 23.7 Å². The minimum absolute atomic E-state index is 0.333. The first-order chi connectivity index (χ1) is 21.4. The smallest absolute Gasteiger partial charge is 0.339 e. The van der Waals surface area contributed by atoms with Crippen LogP contribution in [0.25, 0.3) is 11.1 Å². The third-order valence-corrected chi connectivity index (χ3v) is 7.04. The maximum absolute atomic E-state index is 12.9. The molecule has 0 amide bonds. The third kappa shape index (κ3) is 8.06. The van der Waals surface area contributed by atoms with E-state index in [4.69, 9.17) is 24.7 Å². The summed E-state index contributed by atoms with van der Waals surface area (Å²) >= 11 is 0. The molecule has 0 fully saturated rings. The van der Waals surface area contributed by atoms with Crippen LogP contribution in [-0.4, -0.2) is 45.3 Å². The summed E-state index contributed by atoms with van der Waals surface area (Å²) < 4.78 is 22.1. The number of hydrogen-bond acceptors (Lipinski definition) is 8. The molecule has 1 aliphatic rings. The zero-order chi connectivity index (χ0) is 31.4. The predicted molar refractivity (Wildman–Crippen MR) is 176 cm³/mol. The van der Waals surface area contributed by atoms with E-state index in [0.29, 0.717) is 17.0 Å². The van der Waals surface area contributed by atoms with Crippen LogP contribution in [0.15, 0.2) is 127 Å². The molecule has 5 rings (SSSR count). The number of nitrogens with two attached hydrogens (primary N) is 1. The Kier molecular flexibility index (Phi) is 11.2. The quantitative estimate of drug-likeness (QED) is 0.106. The summed E-state index contributed by atoms with van der Waals surface area (Å²) in [5, 5.41) is 6.80. The summed E-state index contributed by atoms with van der Waals surface area (Å²) in [6.07, 6.45) is 7.14. The fraction of sp³-hybridized carbons (Fsp3) is 0.194. The van der Waals surface area contributed by atoms with E-state index in [0.717, 1.165) is 22.6 Å². The molecule has 0 aliphatic heterocycles. The number of para-hydroxylation sites is 4. The van der Waals surface area contributed by atoms with Gasteiger partial charge in [-0.05, 0) is 60.5 Å². The van der Waals surface area contributed by atoms with Crippen LogP contribution in [0.5, 0.6) is 11.5 Å². The van der Waals surface area contributed by atoms with Gasteiger partial charge in [0.15, 0.2) is 12.0 Å². The number of nitrogen functional groups attached to an aromatic ring is 1. The predicted octanol–water partition coefficient (Wildman–Crippen LogP) is 6.68. The topological polar surface area (TPSA) is 104 Å². The monoisotopic (exact) mass is 593 g/mol. The summed E-state index contributed by atoms with van der Waals surface area (Å²) in [6.45, 7) is 1.80. The van der Waals surface area contributed by atoms with Gasteiger partial charge in [-0.25, -0.2) is 4.79 Å². The average molecular weight is 594 g/mol. The van der Waals surface area contributed by atoms with Gasteiger partial charge < -0.3 is 30.0 Å². The van der Waals surface area contributed by atoms with Crippen molar-refractivity contribution in [3.8, 4) is 22.6 Å². The first-order valence-corrected chi connectivity index (χ1v) is 14.2. The lowest BCUT2D eigenvalue weighted by Gasteiger charge is -2.40. The SMILES string of the molecule is COc1ccccc1N.COc1ccccc1NC1(OC)C=CC=CC1NC(C)OC(=O)c1cccc(-c2ccccc2)c1. The van der Waals surface area contributed by atoms with E-state index in [2.05, 4.69) is 10.6 Å². The fourth-order valence-electron chi connectivity index (χ4n) is 4.76. The van der Waals surface area contributed by atoms with Gasteiger partial charge in [0.05, 0.1) is 37.2 Å². The van der Waals surface area contributed by atoms with Gasteiger partial charge in [0, 0.05) is 7.11 Å². The van der Waals surface area contributed by atoms with Crippen molar-refractivity contribution in [1.29, 1.82) is 0 Å². The highest BCUT2D eigenvalue weighted by Crippen LogP contribution is 2.31. The first-order valence-electron chi connectivity index (χ1n) is 14.2. The van der Waals surface area contributed by atoms with Crippen molar-refractivity contribution in [3.63, 3.8) is 0 Å². The Morgan fingerprint density at radius 2 is 1.45 bits per heavy atom. The number of rotatable bonds is 10. The maximum Gasteiger partial charge on any atom is 0.339 e. The van der Waals surface area contributed by atoms with Crippen LogP contribution in [0.2, 0.25) is 0 Å². The second kappa shape index (κ2) is 15.4. The van der Waals surface area contributed by atoms with Crippen molar-refractivity contribution in [2.45, 2.75) is 24.9 Å². The summed E-state index contributed by atoms with van der Waals surface area (Å²) in [7, 11) is 4.86. The molecule has 3 atom stereocenters. The van der Waals surface area contributed by atoms with Gasteiger partial charge in [0.25, 0.3) is 0 Å². The lowest BCUT2D eigenvalue weighted by Crippen LogP contribution is -2.58. The Balaban J connectivity index is 0.000000421. The van der Waals surface area contributed by atoms with E-state index in [-0.39, 0.29) is 6.04 Å². The van der Waals surface area contributed by atoms with Gasteiger partial charge in [0.2, 0.25) is 0 Å². The largest absolute Gasteiger partial charge is 0.495 e. The molecule has 0 saturated heterocycles. The second-order valence-electron chi connectivity index (χ2n) is 9.95. The van der Waals surface area contributed by atoms with E-state index >= 15 is 0 Å². The number of hydrogen-bond donors (Lipinski definition) is 3. The molecule has 4 N–H and O–H groups in total. The van der Waals surface area contributed by atoms with Crippen LogP contribution in [-0.2, 0) is 9.47 Å². The van der Waals surface area contributed by atoms with Crippen LogP contribution in [0.3, 0.4) is 0 Å². The molecule has 8 nitrogen and oxygen atoms in total. The van der Waals surface area contributed by atoms with Crippen molar-refractivity contribution in [3.05, 3.63) is 133 Å². The first kappa shape index (κ1) is 31.9. The zero-order valence-corrected chi connectivity index (χ0v) is 25.4. The number of esters is 1. The van der Waals surface area contributed by atoms with E-state index in [1.54, 1.807) is 40.4 Å². The molecule has 0 spiro atoms. The van der Waals surface area contributed by atoms with Crippen molar-refractivity contribution in [1.82, 2.24) is 5.32 Å². The van der Waals surface area contributed by atoms with Gasteiger partial charge in [-0.3, -0.25) is 5.32 Å². The number of carbonyl (C=O) groups excluding carboxylic acids is 1. The van der Waals surface area contributed by atoms with Crippen LogP contribution >= 0.6 is 0 Å². The molecule has 0 saturated carbocycles. The number of carbonyl (C=O) groups is 1. The summed E-state index contributed by atoms with van der Waals surface area (Å²) in [5.74, 6) is 1.03. The van der Waals surface area contributed by atoms with E-state index in [9.17, 15) is 4.79 Å². The lowest BCUT2D eigenvalue weighted by molar-refractivity contribution is -0.00220. The number of benzene rings is 4. The third-order valence-electron chi connectivity index (χ3n) is 7.04. The minimum atomic E-state index is -0.919. The summed E-state index contributed by atoms with van der Waals surface area (Å²) in [5.41, 5.74) is 8.54. The molecule has 228 valence electrons. The van der Waals surface area contributed by atoms with Crippen molar-refractivity contribution in [2.75, 3.05) is 32.4 Å². The van der Waals surface area contributed by atoms with Gasteiger partial charge in [-0.2, -0.15) is 0 Å². The molecule has 0 aromatic heterocycles. The van der Waals surface area contributed by atoms with E-state index in [1.807, 2.05) is 115 Å². The van der Waals surface area contributed by atoms with E-state index in [1.165, 1.54) is 0 Å². The molecule has 4 aromatic rings. The van der Waals surface area contributed by atoms with Gasteiger partial charge in [-0.15, -0.1) is 0 Å². The molecular formula is C36H39N3O5. The number of ether oxygens (including phenoxy) is 4. The Labute approximate surface area is 259 Å². The fourth-order valence-corrected chi connectivity index (χ4v) is 4.76. The van der Waals surface area contributed by atoms with Crippen molar-refractivity contribution >= 4 is 17.3 Å². The van der Waals surface area contributed by atoms with Crippen LogP contribution < -0.4 is 25.8 Å². The highest BCUT2D eigenvalue weighted by Gasteiger charge is 2.38. The zero-order valence-electron chi connectivity index (χ0n) is 25.4. The normalized spacial score (nSPS) is 17.5. The average Bonchev–Trinajstić information content (AvgIpc) is 3.07. The Bertz CT molecular complexity index is 1570. The van der Waals surface area contributed by atoms with Crippen molar-refractivity contribution in [2.24, 2.45) is 0 Å². The Hall–Kier alpha value is -5.05. The maximum atomic E-state index is 12.9. The summed E-state index contributed by atoms with van der Waals surface area (Å²) in [4.78, 5) is 12.9. The number of nitrogens with one attached hydrogen (secondary N) is 2. The highest BCUT2D eigenvalue weighted by atomic mass is 16.6. The van der Waals surface area contributed by atoms with Gasteiger partial charge >= 0.3 is 5.97 Å². The standard InChI is InChI=1S/C29H30N2O4.C7H9NO/c1-21(35-28(32)24-15-11-14-23(20-24)22-12-5-4-6-13-22)30-27-18-9-10-19-29(27,34-3)31-25-16-7-8-17-26(25)33-2;1-9-7-5-3-2-4-6(7)8/h4-21,27,30-31H,1-3H3;2-5H,8H2,1H3. The lowest BCUT2D eigenvalue weighted by atomic mass is 9.97. The molecule has 8 heteroatoms. The van der Waals surface area contributed by atoms with E-state index < -0.39 is 17.9 Å². The molecule has 0 radical (unpaired) electrons. The van der Waals surface area contributed by atoms with Gasteiger partial charge in [-0.1, -0.05) is 85.0 Å². The molecule has 0 heterocycles. The molecule has 1 aliphatic carbocycles. The van der Waals surface area contributed by atoms with Crippen LogP contribution in [0.4, 0.5) is 11.4 Å². The molecule has 4 aromatic carbocycles. The minimum Gasteiger partial charge on any atom is -0.495 e. The van der Waals surface area contributed by atoms with Crippen LogP contribution in [0, 0.1) is 0 Å². The summed E-state index contributed by atoms with van der Waals surface area (Å²) in [6, 6.07) is 32.1. The number of anilines is 2. The molecular weight excluding hydrogens is 554 g/mol. The number of allylic oxidation sites excluding steroid dienone is 2. The molecule has 44 heavy (non-hydrogen) atoms. The number of methoxy groups -OCH3 is 3. The second-order valence-corrected chi connectivity index (χ2v) is 9.95. The molecule has 0 bridgehead atoms. The Morgan fingerprint density at radius 3 is 2.14 bits per heavy atom. The van der Waals surface area contributed by atoms with Gasteiger partial charge in [0.1, 0.15) is 11.5 Å². The molecule has 3 unspecified atom stereocenters. The Morgan fingerprint density at radius 1 is 0.795 bits per heavy atom. The van der Waals surface area contributed by atoms with Crippen LogP contribution in [0.1, 0.15) is 17.3 Å².